The van der Waals surface area contributed by atoms with E-state index in [1.54, 1.807) is 0 Å². The molecule has 0 heterocycles. The molecule has 1 rings (SSSR count). The van der Waals surface area contributed by atoms with Crippen LogP contribution < -0.4 is 10.1 Å². The quantitative estimate of drug-likeness (QED) is 0.439. The van der Waals surface area contributed by atoms with E-state index in [0.717, 1.165) is 18.2 Å². The Morgan fingerprint density at radius 2 is 2.22 bits per heavy atom. The number of non-ortho nitro benzene ring substituents is 1. The molecule has 8 heteroatoms. The van der Waals surface area contributed by atoms with Gasteiger partial charge in [-0.25, -0.2) is 0 Å². The van der Waals surface area contributed by atoms with Gasteiger partial charge in [-0.05, 0) is 6.07 Å². The molecule has 1 aromatic rings. The molecule has 0 atom stereocenters. The first-order chi connectivity index (χ1) is 8.54. The molecule has 0 saturated heterocycles. The Kier molecular flexibility index (Phi) is 5.40. The summed E-state index contributed by atoms with van der Waals surface area (Å²) in [6.07, 6.45) is 0. The number of hydrogen-bond donors (Lipinski definition) is 2. The molecule has 0 fully saturated rings. The van der Waals surface area contributed by atoms with Crippen molar-refractivity contribution in [3.8, 4) is 5.75 Å². The highest BCUT2D eigenvalue weighted by molar-refractivity contribution is 5.43. The maximum absolute atomic E-state index is 12.1. The third-order valence-corrected chi connectivity index (χ3v) is 2.07. The highest BCUT2D eigenvalue weighted by atomic mass is 19.3. The number of benzene rings is 1. The van der Waals surface area contributed by atoms with Crippen molar-refractivity contribution in [3.05, 3.63) is 33.9 Å². The molecule has 2 N–H and O–H groups in total. The number of nitro benzene ring substituents is 1. The van der Waals surface area contributed by atoms with Crippen molar-refractivity contribution in [1.29, 1.82) is 0 Å². The predicted molar refractivity (Wildman–Crippen MR) is 58.5 cm³/mol. The van der Waals surface area contributed by atoms with Crippen LogP contribution in [0.2, 0.25) is 0 Å². The molecule has 0 bridgehead atoms. The fourth-order valence-electron chi connectivity index (χ4n) is 1.33. The van der Waals surface area contributed by atoms with Gasteiger partial charge in [0.25, 0.3) is 5.69 Å². The summed E-state index contributed by atoms with van der Waals surface area (Å²) in [4.78, 5) is 9.95. The van der Waals surface area contributed by atoms with Gasteiger partial charge in [-0.3, -0.25) is 10.1 Å². The smallest absolute Gasteiger partial charge is 0.387 e. The van der Waals surface area contributed by atoms with E-state index in [4.69, 9.17) is 5.11 Å². The topological polar surface area (TPSA) is 84.6 Å². The first kappa shape index (κ1) is 14.3. The Hall–Kier alpha value is -1.80. The lowest BCUT2D eigenvalue weighted by molar-refractivity contribution is -0.385. The fraction of sp³-hybridized carbons (Fsp3) is 0.400. The minimum Gasteiger partial charge on any atom is -0.434 e. The molecular weight excluding hydrogens is 250 g/mol. The van der Waals surface area contributed by atoms with Gasteiger partial charge in [-0.15, -0.1) is 0 Å². The second-order valence-corrected chi connectivity index (χ2v) is 3.33. The van der Waals surface area contributed by atoms with E-state index < -0.39 is 11.5 Å². The van der Waals surface area contributed by atoms with Crippen LogP contribution in [0.1, 0.15) is 5.56 Å². The Balaban J connectivity index is 2.90. The Morgan fingerprint density at radius 1 is 1.50 bits per heavy atom. The van der Waals surface area contributed by atoms with E-state index in [9.17, 15) is 18.9 Å². The first-order valence-electron chi connectivity index (χ1n) is 5.08. The molecule has 0 spiro atoms. The summed E-state index contributed by atoms with van der Waals surface area (Å²) in [6.45, 7) is -2.79. The standard InChI is InChI=1S/C10H12F2N2O4/c11-10(12)18-9-2-1-8(14(16)17)5-7(9)6-13-3-4-15/h1-2,5,10,13,15H,3-4,6H2. The Bertz CT molecular complexity index is 415. The SMILES string of the molecule is O=[N+]([O-])c1ccc(OC(F)F)c(CNCCO)c1. The van der Waals surface area contributed by atoms with Crippen molar-refractivity contribution in [1.82, 2.24) is 5.32 Å². The fourth-order valence-corrected chi connectivity index (χ4v) is 1.33. The van der Waals surface area contributed by atoms with E-state index in [1.807, 2.05) is 0 Å². The molecule has 100 valence electrons. The first-order valence-corrected chi connectivity index (χ1v) is 5.08. The van der Waals surface area contributed by atoms with E-state index in [0.29, 0.717) is 0 Å². The van der Waals surface area contributed by atoms with E-state index in [1.165, 1.54) is 0 Å². The lowest BCUT2D eigenvalue weighted by atomic mass is 10.1. The Labute approximate surface area is 101 Å². The number of aliphatic hydroxyl groups is 1. The van der Waals surface area contributed by atoms with Gasteiger partial charge >= 0.3 is 6.61 Å². The summed E-state index contributed by atoms with van der Waals surface area (Å²) in [5.41, 5.74) is 0.0235. The zero-order valence-electron chi connectivity index (χ0n) is 9.31. The third kappa shape index (κ3) is 4.22. The van der Waals surface area contributed by atoms with Crippen LogP contribution in [0, 0.1) is 10.1 Å². The van der Waals surface area contributed by atoms with Crippen molar-refractivity contribution >= 4 is 5.69 Å². The van der Waals surface area contributed by atoms with Crippen LogP contribution >= 0.6 is 0 Å². The van der Waals surface area contributed by atoms with Crippen molar-refractivity contribution in [2.24, 2.45) is 0 Å². The molecule has 0 aliphatic carbocycles. The van der Waals surface area contributed by atoms with Crippen LogP contribution in [0.15, 0.2) is 18.2 Å². The van der Waals surface area contributed by atoms with Gasteiger partial charge in [0, 0.05) is 30.8 Å². The summed E-state index contributed by atoms with van der Waals surface area (Å²) in [7, 11) is 0. The normalized spacial score (nSPS) is 10.7. The second kappa shape index (κ2) is 6.82. The zero-order valence-corrected chi connectivity index (χ0v) is 9.31. The van der Waals surface area contributed by atoms with Crippen LogP contribution in [0.3, 0.4) is 0 Å². The van der Waals surface area contributed by atoms with Gasteiger partial charge in [-0.2, -0.15) is 8.78 Å². The highest BCUT2D eigenvalue weighted by Crippen LogP contribution is 2.25. The summed E-state index contributed by atoms with van der Waals surface area (Å²) in [5.74, 6) is -0.124. The van der Waals surface area contributed by atoms with Crippen molar-refractivity contribution in [2.75, 3.05) is 13.2 Å². The number of rotatable bonds is 7. The molecule has 0 aromatic heterocycles. The highest BCUT2D eigenvalue weighted by Gasteiger charge is 2.14. The van der Waals surface area contributed by atoms with Crippen molar-refractivity contribution < 1.29 is 23.5 Å². The average Bonchev–Trinajstić information content (AvgIpc) is 2.30. The molecule has 0 radical (unpaired) electrons. The maximum Gasteiger partial charge on any atom is 0.387 e. The number of nitrogens with one attached hydrogen (secondary N) is 1. The van der Waals surface area contributed by atoms with E-state index in [-0.39, 0.29) is 36.7 Å². The third-order valence-electron chi connectivity index (χ3n) is 2.07. The van der Waals surface area contributed by atoms with Crippen molar-refractivity contribution in [3.63, 3.8) is 0 Å². The summed E-state index contributed by atoms with van der Waals surface area (Å²) in [6, 6.07) is 3.37. The van der Waals surface area contributed by atoms with Crippen LogP contribution in [0.4, 0.5) is 14.5 Å². The minimum absolute atomic E-state index is 0.0876. The second-order valence-electron chi connectivity index (χ2n) is 3.33. The number of halogens is 2. The van der Waals surface area contributed by atoms with Crippen LogP contribution in [-0.2, 0) is 6.54 Å². The molecule has 0 saturated carbocycles. The average molecular weight is 262 g/mol. The molecule has 1 aromatic carbocycles. The Morgan fingerprint density at radius 3 is 2.78 bits per heavy atom. The number of aliphatic hydroxyl groups excluding tert-OH is 1. The molecule has 18 heavy (non-hydrogen) atoms. The lowest BCUT2D eigenvalue weighted by Gasteiger charge is -2.10. The molecule has 0 unspecified atom stereocenters. The molecule has 6 nitrogen and oxygen atoms in total. The summed E-state index contributed by atoms with van der Waals surface area (Å²) >= 11 is 0. The predicted octanol–water partition coefficient (Wildman–Crippen LogP) is 1.28. The molecule has 0 aliphatic rings. The largest absolute Gasteiger partial charge is 0.434 e. The van der Waals surface area contributed by atoms with Crippen LogP contribution in [0.5, 0.6) is 5.75 Å². The zero-order chi connectivity index (χ0) is 13.5. The number of nitrogens with zero attached hydrogens (tertiary/aromatic N) is 1. The number of alkyl halides is 2. The van der Waals surface area contributed by atoms with E-state index >= 15 is 0 Å². The van der Waals surface area contributed by atoms with Crippen LogP contribution in [0.25, 0.3) is 0 Å². The number of ether oxygens (including phenoxy) is 1. The maximum atomic E-state index is 12.1. The van der Waals surface area contributed by atoms with Gasteiger partial charge in [0.05, 0.1) is 11.5 Å². The summed E-state index contributed by atoms with van der Waals surface area (Å²) in [5, 5.41) is 21.9. The molecular formula is C10H12F2N2O4. The monoisotopic (exact) mass is 262 g/mol. The minimum atomic E-state index is -3.00. The molecule has 0 amide bonds. The van der Waals surface area contributed by atoms with Gasteiger partial charge in [-0.1, -0.05) is 0 Å². The van der Waals surface area contributed by atoms with E-state index in [2.05, 4.69) is 10.1 Å². The summed E-state index contributed by atoms with van der Waals surface area (Å²) < 4.78 is 28.5. The van der Waals surface area contributed by atoms with Gasteiger partial charge in [0.1, 0.15) is 5.75 Å². The molecule has 0 aliphatic heterocycles. The van der Waals surface area contributed by atoms with Crippen LogP contribution in [-0.4, -0.2) is 29.8 Å². The lowest BCUT2D eigenvalue weighted by Crippen LogP contribution is -2.18. The number of nitro groups is 1. The van der Waals surface area contributed by atoms with Crippen molar-refractivity contribution in [2.45, 2.75) is 13.2 Å². The number of hydrogen-bond acceptors (Lipinski definition) is 5. The van der Waals surface area contributed by atoms with Gasteiger partial charge in [0.2, 0.25) is 0 Å². The van der Waals surface area contributed by atoms with Gasteiger partial charge < -0.3 is 15.2 Å². The van der Waals surface area contributed by atoms with Gasteiger partial charge in [0.15, 0.2) is 0 Å².